The van der Waals surface area contributed by atoms with Gasteiger partial charge in [0.05, 0.1) is 18.2 Å². The largest absolute Gasteiger partial charge is 0.492 e. The number of amides is 2. The molecule has 1 fully saturated rings. The van der Waals surface area contributed by atoms with Crippen molar-refractivity contribution in [1.29, 1.82) is 0 Å². The molecule has 0 radical (unpaired) electrons. The summed E-state index contributed by atoms with van der Waals surface area (Å²) in [6.45, 7) is 2.82. The van der Waals surface area contributed by atoms with Crippen LogP contribution in [0, 0.1) is 5.92 Å². The maximum atomic E-state index is 12.7. The number of carbonyl (C=O) groups excluding carboxylic acids is 2. The average Bonchev–Trinajstić information content (AvgIpc) is 3.28. The van der Waals surface area contributed by atoms with Gasteiger partial charge in [-0.1, -0.05) is 18.2 Å². The molecule has 140 valence electrons. The van der Waals surface area contributed by atoms with Gasteiger partial charge in [-0.25, -0.2) is 0 Å². The first-order valence-electron chi connectivity index (χ1n) is 9.60. The molecule has 0 spiro atoms. The number of rotatable bonds is 5. The van der Waals surface area contributed by atoms with Crippen LogP contribution >= 0.6 is 0 Å². The van der Waals surface area contributed by atoms with Crippen LogP contribution in [0.2, 0.25) is 0 Å². The Morgan fingerprint density at radius 1 is 1.19 bits per heavy atom. The molecule has 1 saturated heterocycles. The molecule has 5 nitrogen and oxygen atoms in total. The van der Waals surface area contributed by atoms with Crippen LogP contribution in [0.3, 0.4) is 0 Å². The van der Waals surface area contributed by atoms with Gasteiger partial charge in [-0.2, -0.15) is 0 Å². The molecule has 4 rings (SSSR count). The van der Waals surface area contributed by atoms with Crippen molar-refractivity contribution in [3.8, 4) is 5.75 Å². The molecular weight excluding hydrogens is 340 g/mol. The highest BCUT2D eigenvalue weighted by molar-refractivity contribution is 6.04. The Balaban J connectivity index is 1.47. The monoisotopic (exact) mass is 364 g/mol. The Labute approximate surface area is 159 Å². The van der Waals surface area contributed by atoms with Crippen LogP contribution in [0.5, 0.6) is 5.75 Å². The highest BCUT2D eigenvalue weighted by atomic mass is 16.5. The van der Waals surface area contributed by atoms with Crippen molar-refractivity contribution >= 4 is 23.2 Å². The van der Waals surface area contributed by atoms with Crippen molar-refractivity contribution < 1.29 is 14.3 Å². The van der Waals surface area contributed by atoms with Crippen LogP contribution in [0.1, 0.15) is 30.9 Å². The Kier molecular flexibility index (Phi) is 4.84. The number of carbonyl (C=O) groups is 2. The van der Waals surface area contributed by atoms with Crippen molar-refractivity contribution in [2.45, 2.75) is 32.6 Å². The first-order valence-corrected chi connectivity index (χ1v) is 9.60. The molecular formula is C22H24N2O3. The molecule has 0 saturated carbocycles. The van der Waals surface area contributed by atoms with Crippen LogP contribution in [-0.2, 0) is 22.4 Å². The smallest absolute Gasteiger partial charge is 0.229 e. The van der Waals surface area contributed by atoms with Crippen LogP contribution in [0.4, 0.5) is 11.4 Å². The maximum absolute atomic E-state index is 12.7. The van der Waals surface area contributed by atoms with Crippen molar-refractivity contribution in [3.63, 3.8) is 0 Å². The summed E-state index contributed by atoms with van der Waals surface area (Å²) in [5.41, 5.74) is 4.25. The molecule has 0 unspecified atom stereocenters. The summed E-state index contributed by atoms with van der Waals surface area (Å²) in [4.78, 5) is 26.9. The van der Waals surface area contributed by atoms with Gasteiger partial charge in [0.2, 0.25) is 11.8 Å². The molecule has 2 amide bonds. The summed E-state index contributed by atoms with van der Waals surface area (Å²) in [6.07, 6.45) is 3.59. The van der Waals surface area contributed by atoms with Gasteiger partial charge in [0, 0.05) is 18.7 Å². The molecule has 2 aromatic carbocycles. The number of fused-ring (bicyclic) bond motifs is 1. The molecule has 0 aromatic heterocycles. The Bertz CT molecular complexity index is 878. The fourth-order valence-corrected chi connectivity index (χ4v) is 3.97. The predicted octanol–water partition coefficient (Wildman–Crippen LogP) is 3.57. The molecule has 27 heavy (non-hydrogen) atoms. The van der Waals surface area contributed by atoms with Crippen molar-refractivity contribution in [2.75, 3.05) is 23.4 Å². The second-order valence-corrected chi connectivity index (χ2v) is 7.13. The van der Waals surface area contributed by atoms with Gasteiger partial charge in [-0.15, -0.1) is 0 Å². The summed E-state index contributed by atoms with van der Waals surface area (Å²) in [6, 6.07) is 13.6. The number of nitrogens with zero attached hydrogens (tertiary/aromatic N) is 1. The van der Waals surface area contributed by atoms with E-state index in [9.17, 15) is 9.59 Å². The van der Waals surface area contributed by atoms with E-state index < -0.39 is 0 Å². The highest BCUT2D eigenvalue weighted by Crippen LogP contribution is 2.33. The molecule has 5 heteroatoms. The Morgan fingerprint density at radius 2 is 2.00 bits per heavy atom. The van der Waals surface area contributed by atoms with E-state index in [1.54, 1.807) is 4.90 Å². The highest BCUT2D eigenvalue weighted by Gasteiger charge is 2.36. The van der Waals surface area contributed by atoms with Gasteiger partial charge >= 0.3 is 0 Å². The molecule has 1 atom stereocenters. The minimum Gasteiger partial charge on any atom is -0.492 e. The van der Waals surface area contributed by atoms with E-state index in [1.807, 2.05) is 37.3 Å². The topological polar surface area (TPSA) is 58.6 Å². The van der Waals surface area contributed by atoms with Crippen LogP contribution < -0.4 is 15.0 Å². The first kappa shape index (κ1) is 17.6. The number of aryl methyl sites for hydroxylation is 2. The van der Waals surface area contributed by atoms with Gasteiger partial charge < -0.3 is 15.0 Å². The molecule has 1 aliphatic heterocycles. The van der Waals surface area contributed by atoms with Gasteiger partial charge in [0.1, 0.15) is 5.75 Å². The van der Waals surface area contributed by atoms with Crippen molar-refractivity contribution in [3.05, 3.63) is 53.6 Å². The summed E-state index contributed by atoms with van der Waals surface area (Å²) in [7, 11) is 0. The lowest BCUT2D eigenvalue weighted by molar-refractivity contribution is -0.122. The van der Waals surface area contributed by atoms with E-state index in [0.29, 0.717) is 18.9 Å². The summed E-state index contributed by atoms with van der Waals surface area (Å²) >= 11 is 0. The molecule has 2 aliphatic rings. The van der Waals surface area contributed by atoms with E-state index in [0.717, 1.165) is 24.2 Å². The van der Waals surface area contributed by atoms with Crippen molar-refractivity contribution in [1.82, 2.24) is 0 Å². The normalized spacial score (nSPS) is 18.5. The van der Waals surface area contributed by atoms with Gasteiger partial charge in [-0.05, 0) is 61.6 Å². The number of nitrogens with one attached hydrogen (secondary N) is 1. The number of anilines is 2. The average molecular weight is 364 g/mol. The zero-order chi connectivity index (χ0) is 18.8. The fourth-order valence-electron chi connectivity index (χ4n) is 3.97. The summed E-state index contributed by atoms with van der Waals surface area (Å²) < 4.78 is 5.64. The molecule has 1 heterocycles. The lowest BCUT2D eigenvalue weighted by Crippen LogP contribution is -2.28. The fraction of sp³-hybridized carbons (Fsp3) is 0.364. The molecule has 0 bridgehead atoms. The van der Waals surface area contributed by atoms with Crippen molar-refractivity contribution in [2.24, 2.45) is 5.92 Å². The third-order valence-corrected chi connectivity index (χ3v) is 5.32. The lowest BCUT2D eigenvalue weighted by atomic mass is 10.1. The minimum absolute atomic E-state index is 0.0451. The number of hydrogen-bond acceptors (Lipinski definition) is 3. The van der Waals surface area contributed by atoms with Gasteiger partial charge in [0.25, 0.3) is 0 Å². The predicted molar refractivity (Wildman–Crippen MR) is 105 cm³/mol. The Morgan fingerprint density at radius 3 is 2.85 bits per heavy atom. The number of ether oxygens (including phenoxy) is 1. The molecule has 2 aromatic rings. The zero-order valence-corrected chi connectivity index (χ0v) is 15.5. The van der Waals surface area contributed by atoms with E-state index in [4.69, 9.17) is 4.74 Å². The van der Waals surface area contributed by atoms with Gasteiger partial charge in [-0.3, -0.25) is 9.59 Å². The van der Waals surface area contributed by atoms with Crippen LogP contribution in [0.25, 0.3) is 0 Å². The second-order valence-electron chi connectivity index (χ2n) is 7.13. The standard InChI is InChI=1S/C22H24N2O3/c1-2-27-20-9-4-3-8-19(20)24-14-17(13-21(24)25)22(26)23-18-11-10-15-6-5-7-16(15)12-18/h3-4,8-12,17H,2,5-7,13-14H2,1H3,(H,23,26)/t17-/m0/s1. The third kappa shape index (κ3) is 3.54. The van der Waals surface area contributed by atoms with E-state index >= 15 is 0 Å². The van der Waals surface area contributed by atoms with E-state index in [1.165, 1.54) is 17.5 Å². The Hall–Kier alpha value is -2.82. The lowest BCUT2D eigenvalue weighted by Gasteiger charge is -2.20. The quantitative estimate of drug-likeness (QED) is 0.882. The number of hydrogen-bond donors (Lipinski definition) is 1. The summed E-state index contributed by atoms with van der Waals surface area (Å²) in [5, 5.41) is 3.00. The number of para-hydroxylation sites is 2. The molecule has 1 N–H and O–H groups in total. The zero-order valence-electron chi connectivity index (χ0n) is 15.5. The maximum Gasteiger partial charge on any atom is 0.229 e. The number of benzene rings is 2. The minimum atomic E-state index is -0.361. The van der Waals surface area contributed by atoms with E-state index in [-0.39, 0.29) is 24.2 Å². The first-order chi connectivity index (χ1) is 13.2. The van der Waals surface area contributed by atoms with E-state index in [2.05, 4.69) is 17.4 Å². The van der Waals surface area contributed by atoms with Crippen LogP contribution in [0.15, 0.2) is 42.5 Å². The SMILES string of the molecule is CCOc1ccccc1N1C[C@@H](C(=O)Nc2ccc3c(c2)CCC3)CC1=O. The van der Waals surface area contributed by atoms with Gasteiger partial charge in [0.15, 0.2) is 0 Å². The molecule has 1 aliphatic carbocycles. The van der Waals surface area contributed by atoms with Crippen LogP contribution in [-0.4, -0.2) is 25.0 Å². The summed E-state index contributed by atoms with van der Waals surface area (Å²) in [5.74, 6) is 0.169. The third-order valence-electron chi connectivity index (χ3n) is 5.32. The second kappa shape index (κ2) is 7.43.